The molecule has 0 bridgehead atoms. The van der Waals surface area contributed by atoms with Gasteiger partial charge in [0.25, 0.3) is 0 Å². The van der Waals surface area contributed by atoms with E-state index in [2.05, 4.69) is 4.18 Å². The van der Waals surface area contributed by atoms with Crippen LogP contribution in [-0.4, -0.2) is 25.4 Å². The second-order valence-electron chi connectivity index (χ2n) is 3.76. The summed E-state index contributed by atoms with van der Waals surface area (Å²) < 4.78 is 74.7. The van der Waals surface area contributed by atoms with Crippen molar-refractivity contribution in [3.05, 3.63) is 23.5 Å². The highest BCUT2D eigenvalue weighted by Crippen LogP contribution is 2.32. The molecule has 102 valence electrons. The normalized spacial score (nSPS) is 25.6. The van der Waals surface area contributed by atoms with E-state index >= 15 is 0 Å². The van der Waals surface area contributed by atoms with Gasteiger partial charge in [0.2, 0.25) is 5.78 Å². The van der Waals surface area contributed by atoms with Crippen LogP contribution in [0.5, 0.6) is 0 Å². The Hall–Kier alpha value is -1.38. The summed E-state index contributed by atoms with van der Waals surface area (Å²) in [5.74, 6) is -2.35. The zero-order valence-corrected chi connectivity index (χ0v) is 10.0. The molecule has 0 N–H and O–H groups in total. The average Bonchev–Trinajstić information content (AvgIpc) is 2.11. The summed E-state index contributed by atoms with van der Waals surface area (Å²) in [6.07, 6.45) is 1.08. The second-order valence-corrected chi connectivity index (χ2v) is 5.30. The number of alkyl halides is 4. The third-order valence-corrected chi connectivity index (χ3v) is 3.21. The molecule has 1 atom stereocenters. The van der Waals surface area contributed by atoms with Crippen LogP contribution in [0.1, 0.15) is 13.8 Å². The number of carbonyl (C=O) groups is 1. The molecule has 0 aromatic carbocycles. The van der Waals surface area contributed by atoms with E-state index in [0.717, 1.165) is 6.92 Å². The molecule has 0 fully saturated rings. The Morgan fingerprint density at radius 2 is 1.83 bits per heavy atom. The predicted octanol–water partition coefficient (Wildman–Crippen LogP) is 1.99. The van der Waals surface area contributed by atoms with Gasteiger partial charge >= 0.3 is 15.6 Å². The van der Waals surface area contributed by atoms with E-state index in [1.165, 1.54) is 6.92 Å². The van der Waals surface area contributed by atoms with E-state index in [0.29, 0.717) is 12.2 Å². The minimum atomic E-state index is -5.98. The highest BCUT2D eigenvalue weighted by Gasteiger charge is 2.50. The van der Waals surface area contributed by atoms with Crippen molar-refractivity contribution in [2.45, 2.75) is 25.0 Å². The van der Waals surface area contributed by atoms with Gasteiger partial charge in [0.1, 0.15) is 0 Å². The quantitative estimate of drug-likeness (QED) is 0.443. The molecule has 0 saturated heterocycles. The van der Waals surface area contributed by atoms with Crippen molar-refractivity contribution in [1.29, 1.82) is 0 Å². The lowest BCUT2D eigenvalue weighted by atomic mass is 9.92. The molecule has 0 radical (unpaired) electrons. The number of halogens is 4. The van der Waals surface area contributed by atoms with Crippen LogP contribution < -0.4 is 0 Å². The van der Waals surface area contributed by atoms with Crippen molar-refractivity contribution < 1.29 is 35.0 Å². The Bertz CT molecular complexity index is 539. The first-order valence-corrected chi connectivity index (χ1v) is 5.93. The van der Waals surface area contributed by atoms with Crippen molar-refractivity contribution in [3.8, 4) is 0 Å². The standard InChI is InChI=1S/C9H8F4O4S/c1-5-3-6(14)7(4-8(5,2)10)17-18(15,16)9(11,12)13/h3-4H,1-2H3/t8-/m1/s1. The van der Waals surface area contributed by atoms with Crippen LogP contribution in [0.2, 0.25) is 0 Å². The number of carbonyl (C=O) groups excluding carboxylic acids is 1. The Morgan fingerprint density at radius 1 is 1.33 bits per heavy atom. The first-order valence-electron chi connectivity index (χ1n) is 4.52. The Morgan fingerprint density at radius 3 is 2.28 bits per heavy atom. The van der Waals surface area contributed by atoms with Crippen LogP contribution in [0, 0.1) is 0 Å². The summed E-state index contributed by atoms with van der Waals surface area (Å²) >= 11 is 0. The van der Waals surface area contributed by atoms with Gasteiger partial charge in [0.15, 0.2) is 11.4 Å². The van der Waals surface area contributed by atoms with Gasteiger partial charge in [-0.1, -0.05) is 0 Å². The van der Waals surface area contributed by atoms with Crippen LogP contribution in [0.15, 0.2) is 23.5 Å². The van der Waals surface area contributed by atoms with E-state index in [-0.39, 0.29) is 5.57 Å². The molecular formula is C9H8F4O4S. The molecule has 1 rings (SSSR count). The molecule has 0 amide bonds. The number of hydrogen-bond acceptors (Lipinski definition) is 4. The van der Waals surface area contributed by atoms with Crippen molar-refractivity contribution in [2.75, 3.05) is 0 Å². The van der Waals surface area contributed by atoms with Crippen molar-refractivity contribution >= 4 is 15.9 Å². The fraction of sp³-hybridized carbons (Fsp3) is 0.444. The van der Waals surface area contributed by atoms with Gasteiger partial charge in [-0.15, -0.1) is 0 Å². The molecule has 0 heterocycles. The summed E-state index contributed by atoms with van der Waals surface area (Å²) in [6, 6.07) is 0. The lowest BCUT2D eigenvalue weighted by Crippen LogP contribution is -2.30. The monoisotopic (exact) mass is 288 g/mol. The maximum Gasteiger partial charge on any atom is 0.534 e. The van der Waals surface area contributed by atoms with Gasteiger partial charge in [0.05, 0.1) is 0 Å². The molecule has 0 unspecified atom stereocenters. The summed E-state index contributed by atoms with van der Waals surface area (Å²) in [5.41, 5.74) is -7.99. The second kappa shape index (κ2) is 4.08. The molecule has 0 aromatic rings. The zero-order valence-electron chi connectivity index (χ0n) is 9.21. The third kappa shape index (κ3) is 2.71. The van der Waals surface area contributed by atoms with Gasteiger partial charge < -0.3 is 4.18 Å². The first kappa shape index (κ1) is 14.7. The molecule has 0 spiro atoms. The lowest BCUT2D eigenvalue weighted by molar-refractivity contribution is -0.114. The van der Waals surface area contributed by atoms with Crippen molar-refractivity contribution in [1.82, 2.24) is 0 Å². The fourth-order valence-corrected chi connectivity index (χ4v) is 1.53. The van der Waals surface area contributed by atoms with Crippen LogP contribution in [-0.2, 0) is 19.1 Å². The van der Waals surface area contributed by atoms with Crippen molar-refractivity contribution in [2.24, 2.45) is 0 Å². The fourth-order valence-electron chi connectivity index (χ4n) is 1.07. The Balaban J connectivity index is 3.12. The molecule has 0 aromatic heterocycles. The van der Waals surface area contributed by atoms with E-state index < -0.39 is 32.8 Å². The number of ketones is 1. The minimum absolute atomic E-state index is 0.0655. The molecule has 18 heavy (non-hydrogen) atoms. The Labute approximate surface area is 100 Å². The van der Waals surface area contributed by atoms with Gasteiger partial charge in [-0.05, 0) is 25.5 Å². The smallest absolute Gasteiger partial charge is 0.372 e. The Kier molecular flexibility index (Phi) is 3.32. The topological polar surface area (TPSA) is 60.4 Å². The number of rotatable bonds is 2. The van der Waals surface area contributed by atoms with Gasteiger partial charge in [-0.25, -0.2) is 4.39 Å². The number of allylic oxidation sites excluding steroid dienone is 3. The molecule has 0 aliphatic heterocycles. The zero-order chi connectivity index (χ0) is 14.4. The molecule has 1 aliphatic rings. The summed E-state index contributed by atoms with van der Waals surface area (Å²) in [5, 5.41) is 0. The van der Waals surface area contributed by atoms with Crippen LogP contribution in [0.4, 0.5) is 17.6 Å². The SMILES string of the molecule is CC1=CC(=O)C(OS(=O)(=O)C(F)(F)F)=C[C@@]1(C)F. The summed E-state index contributed by atoms with van der Waals surface area (Å²) in [4.78, 5) is 11.2. The van der Waals surface area contributed by atoms with Gasteiger partial charge in [0, 0.05) is 6.08 Å². The minimum Gasteiger partial charge on any atom is -0.372 e. The predicted molar refractivity (Wildman–Crippen MR) is 52.4 cm³/mol. The molecule has 0 saturated carbocycles. The van der Waals surface area contributed by atoms with Crippen molar-refractivity contribution in [3.63, 3.8) is 0 Å². The average molecular weight is 288 g/mol. The molecule has 1 aliphatic carbocycles. The first-order chi connectivity index (χ1) is 7.87. The van der Waals surface area contributed by atoms with E-state index in [4.69, 9.17) is 0 Å². The van der Waals surface area contributed by atoms with E-state index in [1.54, 1.807) is 0 Å². The lowest BCUT2D eigenvalue weighted by Gasteiger charge is -2.22. The van der Waals surface area contributed by atoms with Crippen LogP contribution in [0.3, 0.4) is 0 Å². The van der Waals surface area contributed by atoms with E-state index in [9.17, 15) is 30.8 Å². The van der Waals surface area contributed by atoms with Gasteiger partial charge in [-0.3, -0.25) is 4.79 Å². The highest BCUT2D eigenvalue weighted by molar-refractivity contribution is 7.87. The number of hydrogen-bond donors (Lipinski definition) is 0. The maximum absolute atomic E-state index is 13.7. The van der Waals surface area contributed by atoms with Gasteiger partial charge in [-0.2, -0.15) is 21.6 Å². The van der Waals surface area contributed by atoms with Crippen LogP contribution >= 0.6 is 0 Å². The maximum atomic E-state index is 13.7. The third-order valence-electron chi connectivity index (χ3n) is 2.25. The summed E-state index contributed by atoms with van der Waals surface area (Å²) in [7, 11) is -5.98. The van der Waals surface area contributed by atoms with Crippen LogP contribution in [0.25, 0.3) is 0 Å². The largest absolute Gasteiger partial charge is 0.534 e. The van der Waals surface area contributed by atoms with E-state index in [1.807, 2.05) is 0 Å². The molecule has 9 heteroatoms. The molecular weight excluding hydrogens is 280 g/mol. The summed E-state index contributed by atoms with van der Waals surface area (Å²) in [6.45, 7) is 2.19. The molecule has 4 nitrogen and oxygen atoms in total. The highest BCUT2D eigenvalue weighted by atomic mass is 32.2.